The number of nitrogens with one attached hydrogen (secondary N) is 1. The summed E-state index contributed by atoms with van der Waals surface area (Å²) in [6, 6.07) is 5.11. The van der Waals surface area contributed by atoms with Crippen LogP contribution in [0, 0.1) is 0 Å². The van der Waals surface area contributed by atoms with E-state index in [1.807, 2.05) is 6.92 Å². The third kappa shape index (κ3) is 3.50. The lowest BCUT2D eigenvalue weighted by Gasteiger charge is -2.41. The number of hydrogen-bond acceptors (Lipinski definition) is 4. The molecular formula is C17H27NO3. The second kappa shape index (κ2) is 6.67. The van der Waals surface area contributed by atoms with Gasteiger partial charge in [-0.15, -0.1) is 0 Å². The fraction of sp³-hybridized carbons (Fsp3) is 0.647. The van der Waals surface area contributed by atoms with Gasteiger partial charge in [0.1, 0.15) is 11.5 Å². The zero-order valence-electron chi connectivity index (χ0n) is 13.2. The molecule has 1 fully saturated rings. The van der Waals surface area contributed by atoms with Crippen LogP contribution in [0.15, 0.2) is 18.2 Å². The zero-order chi connectivity index (χ0) is 15.5. The molecule has 1 aliphatic rings. The molecule has 0 spiro atoms. The van der Waals surface area contributed by atoms with E-state index in [0.717, 1.165) is 32.3 Å². The Bertz CT molecular complexity index is 451. The van der Waals surface area contributed by atoms with Gasteiger partial charge >= 0.3 is 0 Å². The molecule has 1 aromatic rings. The van der Waals surface area contributed by atoms with Crippen molar-refractivity contribution >= 4 is 0 Å². The molecule has 118 valence electrons. The normalized spacial score (nSPS) is 22.9. The first-order chi connectivity index (χ1) is 10.0. The summed E-state index contributed by atoms with van der Waals surface area (Å²) in [5, 5.41) is 23.5. The number of phenols is 2. The highest BCUT2D eigenvalue weighted by molar-refractivity contribution is 5.44. The van der Waals surface area contributed by atoms with Gasteiger partial charge in [-0.2, -0.15) is 0 Å². The highest BCUT2D eigenvalue weighted by Crippen LogP contribution is 2.35. The van der Waals surface area contributed by atoms with E-state index >= 15 is 0 Å². The molecule has 2 rings (SSSR count). The first-order valence-electron chi connectivity index (χ1n) is 7.92. The molecule has 0 aromatic heterocycles. The van der Waals surface area contributed by atoms with Crippen molar-refractivity contribution in [1.29, 1.82) is 0 Å². The highest BCUT2D eigenvalue weighted by Gasteiger charge is 2.35. The Kier molecular flexibility index (Phi) is 5.12. The molecular weight excluding hydrogens is 266 g/mol. The molecule has 21 heavy (non-hydrogen) atoms. The van der Waals surface area contributed by atoms with Gasteiger partial charge in [0.15, 0.2) is 0 Å². The van der Waals surface area contributed by atoms with Gasteiger partial charge in [0, 0.05) is 18.7 Å². The van der Waals surface area contributed by atoms with Crippen LogP contribution in [0.2, 0.25) is 0 Å². The molecule has 0 aliphatic carbocycles. The van der Waals surface area contributed by atoms with E-state index in [2.05, 4.69) is 19.2 Å². The van der Waals surface area contributed by atoms with E-state index in [4.69, 9.17) is 4.74 Å². The van der Waals surface area contributed by atoms with Crippen LogP contribution < -0.4 is 5.32 Å². The predicted octanol–water partition coefficient (Wildman–Crippen LogP) is 3.49. The molecule has 2 unspecified atom stereocenters. The Balaban J connectivity index is 2.07. The lowest BCUT2D eigenvalue weighted by atomic mass is 9.85. The molecule has 4 heteroatoms. The number of benzene rings is 1. The summed E-state index contributed by atoms with van der Waals surface area (Å²) in [4.78, 5) is 0. The Hall–Kier alpha value is -1.26. The summed E-state index contributed by atoms with van der Waals surface area (Å²) in [5.41, 5.74) is 0.541. The van der Waals surface area contributed by atoms with Crippen molar-refractivity contribution in [3.63, 3.8) is 0 Å². The molecule has 3 N–H and O–H groups in total. The van der Waals surface area contributed by atoms with Crippen LogP contribution in [-0.4, -0.2) is 28.5 Å². The highest BCUT2D eigenvalue weighted by atomic mass is 16.5. The van der Waals surface area contributed by atoms with E-state index in [1.165, 1.54) is 0 Å². The first kappa shape index (κ1) is 16.1. The largest absolute Gasteiger partial charge is 0.507 e. The summed E-state index contributed by atoms with van der Waals surface area (Å²) in [6.45, 7) is 7.08. The van der Waals surface area contributed by atoms with E-state index in [9.17, 15) is 10.2 Å². The van der Waals surface area contributed by atoms with Crippen LogP contribution in [0.3, 0.4) is 0 Å². The van der Waals surface area contributed by atoms with Crippen molar-refractivity contribution < 1.29 is 14.9 Å². The Morgan fingerprint density at radius 3 is 2.48 bits per heavy atom. The Morgan fingerprint density at radius 1 is 1.29 bits per heavy atom. The lowest BCUT2D eigenvalue weighted by Crippen LogP contribution is -2.47. The molecule has 1 aromatic carbocycles. The number of hydrogen-bond donors (Lipinski definition) is 3. The van der Waals surface area contributed by atoms with E-state index in [0.29, 0.717) is 11.6 Å². The summed E-state index contributed by atoms with van der Waals surface area (Å²) < 4.78 is 5.99. The number of aromatic hydroxyl groups is 2. The van der Waals surface area contributed by atoms with Gasteiger partial charge in [-0.3, -0.25) is 0 Å². The molecule has 4 nitrogen and oxygen atoms in total. The number of ether oxygens (including phenoxy) is 1. The standard InChI is InChI=1S/C17H27NO3/c1-4-17(5-2)11-13(9-10-21-17)18-12(3)16-14(19)7-6-8-15(16)20/h6-8,12-13,18-20H,4-5,9-11H2,1-3H3. The van der Waals surface area contributed by atoms with Crippen molar-refractivity contribution in [3.05, 3.63) is 23.8 Å². The van der Waals surface area contributed by atoms with Gasteiger partial charge in [-0.1, -0.05) is 19.9 Å². The SMILES string of the molecule is CCC1(CC)CC(NC(C)c2c(O)cccc2O)CCO1. The predicted molar refractivity (Wildman–Crippen MR) is 83.6 cm³/mol. The second-order valence-electron chi connectivity index (χ2n) is 6.03. The summed E-state index contributed by atoms with van der Waals surface area (Å²) in [6.07, 6.45) is 3.95. The van der Waals surface area contributed by atoms with E-state index in [-0.39, 0.29) is 23.1 Å². The fourth-order valence-electron chi connectivity index (χ4n) is 3.33. The maximum absolute atomic E-state index is 9.96. The van der Waals surface area contributed by atoms with Crippen molar-refractivity contribution in [3.8, 4) is 11.5 Å². The van der Waals surface area contributed by atoms with Crippen molar-refractivity contribution in [2.45, 2.75) is 64.1 Å². The van der Waals surface area contributed by atoms with Gasteiger partial charge in [-0.25, -0.2) is 0 Å². The van der Waals surface area contributed by atoms with Gasteiger partial charge in [-0.05, 0) is 44.7 Å². The summed E-state index contributed by atoms with van der Waals surface area (Å²) in [7, 11) is 0. The summed E-state index contributed by atoms with van der Waals surface area (Å²) in [5.74, 6) is 0.276. The minimum absolute atomic E-state index is 0.0313. The average Bonchev–Trinajstić information content (AvgIpc) is 2.47. The van der Waals surface area contributed by atoms with E-state index in [1.54, 1.807) is 18.2 Å². The van der Waals surface area contributed by atoms with Gasteiger partial charge in [0.05, 0.1) is 11.2 Å². The molecule has 0 radical (unpaired) electrons. The monoisotopic (exact) mass is 293 g/mol. The third-order valence-electron chi connectivity index (χ3n) is 4.76. The molecule has 2 atom stereocenters. The minimum atomic E-state index is -0.0966. The quantitative estimate of drug-likeness (QED) is 0.777. The number of rotatable bonds is 5. The van der Waals surface area contributed by atoms with Crippen LogP contribution in [0.5, 0.6) is 11.5 Å². The Morgan fingerprint density at radius 2 is 1.90 bits per heavy atom. The van der Waals surface area contributed by atoms with Crippen molar-refractivity contribution in [2.75, 3.05) is 6.61 Å². The topological polar surface area (TPSA) is 61.7 Å². The van der Waals surface area contributed by atoms with Crippen LogP contribution in [0.1, 0.15) is 58.1 Å². The fourth-order valence-corrected chi connectivity index (χ4v) is 3.33. The maximum atomic E-state index is 9.96. The van der Waals surface area contributed by atoms with Crippen molar-refractivity contribution in [1.82, 2.24) is 5.32 Å². The average molecular weight is 293 g/mol. The number of phenolic OH excluding ortho intramolecular Hbond substituents is 2. The molecule has 0 amide bonds. The summed E-state index contributed by atoms with van der Waals surface area (Å²) >= 11 is 0. The first-order valence-corrected chi connectivity index (χ1v) is 7.92. The van der Waals surface area contributed by atoms with Crippen LogP contribution >= 0.6 is 0 Å². The molecule has 1 aliphatic heterocycles. The maximum Gasteiger partial charge on any atom is 0.124 e. The van der Waals surface area contributed by atoms with E-state index < -0.39 is 0 Å². The lowest BCUT2D eigenvalue weighted by molar-refractivity contribution is -0.0940. The van der Waals surface area contributed by atoms with Crippen LogP contribution in [-0.2, 0) is 4.74 Å². The molecule has 0 bridgehead atoms. The third-order valence-corrected chi connectivity index (χ3v) is 4.76. The van der Waals surface area contributed by atoms with Gasteiger partial charge < -0.3 is 20.3 Å². The van der Waals surface area contributed by atoms with Crippen LogP contribution in [0.25, 0.3) is 0 Å². The Labute approximate surface area is 127 Å². The molecule has 1 saturated heterocycles. The minimum Gasteiger partial charge on any atom is -0.507 e. The zero-order valence-corrected chi connectivity index (χ0v) is 13.2. The molecule has 1 heterocycles. The van der Waals surface area contributed by atoms with Gasteiger partial charge in [0.2, 0.25) is 0 Å². The molecule has 0 saturated carbocycles. The second-order valence-corrected chi connectivity index (χ2v) is 6.03. The smallest absolute Gasteiger partial charge is 0.124 e. The van der Waals surface area contributed by atoms with Crippen LogP contribution in [0.4, 0.5) is 0 Å². The van der Waals surface area contributed by atoms with Gasteiger partial charge in [0.25, 0.3) is 0 Å². The van der Waals surface area contributed by atoms with Crippen molar-refractivity contribution in [2.24, 2.45) is 0 Å².